The van der Waals surface area contributed by atoms with Crippen LogP contribution in [0.1, 0.15) is 20.5 Å². The fourth-order valence-electron chi connectivity index (χ4n) is 1.91. The van der Waals surface area contributed by atoms with Gasteiger partial charge >= 0.3 is 0 Å². The third-order valence-electron chi connectivity index (χ3n) is 3.07. The number of halogens is 1. The Morgan fingerprint density at radius 3 is 2.79 bits per heavy atom. The van der Waals surface area contributed by atoms with E-state index in [1.165, 1.54) is 11.3 Å². The minimum Gasteiger partial charge on any atom is -0.486 e. The van der Waals surface area contributed by atoms with Crippen molar-refractivity contribution in [3.8, 4) is 5.75 Å². The summed E-state index contributed by atoms with van der Waals surface area (Å²) in [5.41, 5.74) is 0.411. The summed E-state index contributed by atoms with van der Waals surface area (Å²) >= 11 is 8.80. The summed E-state index contributed by atoms with van der Waals surface area (Å²) in [4.78, 5) is 20.5. The Morgan fingerprint density at radius 1 is 1.21 bits per heavy atom. The topological polar surface area (TPSA) is 64.1 Å². The number of thiazole rings is 2. The van der Waals surface area contributed by atoms with E-state index >= 15 is 0 Å². The number of rotatable bonds is 7. The quantitative estimate of drug-likeness (QED) is 0.678. The molecule has 0 aliphatic rings. The number of ether oxygens (including phenoxy) is 1. The van der Waals surface area contributed by atoms with Gasteiger partial charge in [0.1, 0.15) is 23.1 Å². The molecule has 5 nitrogen and oxygen atoms in total. The monoisotopic (exact) mass is 379 g/mol. The van der Waals surface area contributed by atoms with Gasteiger partial charge in [-0.2, -0.15) is 0 Å². The van der Waals surface area contributed by atoms with Crippen LogP contribution in [0.4, 0.5) is 0 Å². The first kappa shape index (κ1) is 16.9. The molecular weight excluding hydrogens is 366 g/mol. The van der Waals surface area contributed by atoms with E-state index in [0.717, 1.165) is 16.4 Å². The third kappa shape index (κ3) is 4.77. The van der Waals surface area contributed by atoms with E-state index in [0.29, 0.717) is 29.6 Å². The van der Waals surface area contributed by atoms with Crippen LogP contribution in [0, 0.1) is 0 Å². The van der Waals surface area contributed by atoms with E-state index in [2.05, 4.69) is 15.3 Å². The van der Waals surface area contributed by atoms with Crippen LogP contribution in [0.2, 0.25) is 5.02 Å². The Bertz CT molecular complexity index is 788. The molecule has 3 aromatic rings. The predicted molar refractivity (Wildman–Crippen MR) is 96.0 cm³/mol. The van der Waals surface area contributed by atoms with Gasteiger partial charge < -0.3 is 10.1 Å². The van der Waals surface area contributed by atoms with Gasteiger partial charge in [0.2, 0.25) is 0 Å². The van der Waals surface area contributed by atoms with Gasteiger partial charge in [0.25, 0.3) is 5.91 Å². The van der Waals surface area contributed by atoms with Crippen LogP contribution in [-0.2, 0) is 13.0 Å². The first-order valence-corrected chi connectivity index (χ1v) is 9.34. The molecule has 24 heavy (non-hydrogen) atoms. The molecule has 0 aliphatic carbocycles. The van der Waals surface area contributed by atoms with Crippen LogP contribution in [0.25, 0.3) is 0 Å². The predicted octanol–water partition coefficient (Wildman–Crippen LogP) is 3.80. The average Bonchev–Trinajstić information content (AvgIpc) is 3.26. The first-order valence-electron chi connectivity index (χ1n) is 7.20. The molecule has 1 amide bonds. The fourth-order valence-corrected chi connectivity index (χ4v) is 3.34. The summed E-state index contributed by atoms with van der Waals surface area (Å²) in [5, 5.41) is 8.91. The lowest BCUT2D eigenvalue weighted by Crippen LogP contribution is -2.26. The van der Waals surface area contributed by atoms with Crippen molar-refractivity contribution < 1.29 is 9.53 Å². The molecule has 2 heterocycles. The summed E-state index contributed by atoms with van der Waals surface area (Å²) in [6.07, 6.45) is 2.48. The van der Waals surface area contributed by atoms with Crippen LogP contribution in [0.3, 0.4) is 0 Å². The normalized spacial score (nSPS) is 10.5. The van der Waals surface area contributed by atoms with E-state index in [1.807, 2.05) is 5.38 Å². The molecule has 1 N–H and O–H groups in total. The molecule has 0 spiro atoms. The van der Waals surface area contributed by atoms with Crippen molar-refractivity contribution in [1.29, 1.82) is 0 Å². The number of carbonyl (C=O) groups excluding carboxylic acids is 1. The molecule has 8 heteroatoms. The number of nitrogens with zero attached hydrogens (tertiary/aromatic N) is 2. The second-order valence-electron chi connectivity index (χ2n) is 4.80. The van der Waals surface area contributed by atoms with Crippen molar-refractivity contribution in [2.45, 2.75) is 13.0 Å². The molecule has 124 valence electrons. The molecule has 0 atom stereocenters. The minimum absolute atomic E-state index is 0.180. The Labute approximate surface area is 152 Å². The second kappa shape index (κ2) is 8.23. The zero-order chi connectivity index (χ0) is 16.8. The van der Waals surface area contributed by atoms with Crippen LogP contribution in [0.15, 0.2) is 41.2 Å². The highest BCUT2D eigenvalue weighted by molar-refractivity contribution is 7.10. The van der Waals surface area contributed by atoms with E-state index in [9.17, 15) is 4.79 Å². The third-order valence-corrected chi connectivity index (χ3v) is 4.98. The van der Waals surface area contributed by atoms with Crippen LogP contribution < -0.4 is 10.1 Å². The molecule has 0 unspecified atom stereocenters. The fraction of sp³-hybridized carbons (Fsp3) is 0.188. The summed E-state index contributed by atoms with van der Waals surface area (Å²) < 4.78 is 5.62. The molecule has 0 radical (unpaired) electrons. The summed E-state index contributed by atoms with van der Waals surface area (Å²) in [6.45, 7) is 0.860. The minimum atomic E-state index is -0.180. The number of aromatic nitrogens is 2. The Kier molecular flexibility index (Phi) is 5.79. The molecule has 0 saturated carbocycles. The van der Waals surface area contributed by atoms with Crippen molar-refractivity contribution in [1.82, 2.24) is 15.3 Å². The summed E-state index contributed by atoms with van der Waals surface area (Å²) in [7, 11) is 0. The standard InChI is InChI=1S/C16H14ClN3O2S2/c17-11-1-3-12(4-2-11)22-9-15-20-13(10-24-15)16(21)19-6-5-14-18-7-8-23-14/h1-4,7-8,10H,5-6,9H2,(H,19,21). The van der Waals surface area contributed by atoms with Gasteiger partial charge in [-0.25, -0.2) is 9.97 Å². The van der Waals surface area contributed by atoms with Gasteiger partial charge in [0, 0.05) is 34.9 Å². The van der Waals surface area contributed by atoms with Crippen molar-refractivity contribution in [2.75, 3.05) is 6.54 Å². The highest BCUT2D eigenvalue weighted by Crippen LogP contribution is 2.18. The highest BCUT2D eigenvalue weighted by atomic mass is 35.5. The van der Waals surface area contributed by atoms with Crippen LogP contribution in [0.5, 0.6) is 5.75 Å². The van der Waals surface area contributed by atoms with E-state index in [-0.39, 0.29) is 5.91 Å². The average molecular weight is 380 g/mol. The smallest absolute Gasteiger partial charge is 0.270 e. The van der Waals surface area contributed by atoms with Crippen molar-refractivity contribution in [3.05, 3.63) is 62.0 Å². The van der Waals surface area contributed by atoms with Gasteiger partial charge in [0.05, 0.1) is 5.01 Å². The lowest BCUT2D eigenvalue weighted by molar-refractivity contribution is 0.0949. The van der Waals surface area contributed by atoms with Gasteiger partial charge in [-0.3, -0.25) is 4.79 Å². The van der Waals surface area contributed by atoms with Gasteiger partial charge in [-0.1, -0.05) is 11.6 Å². The van der Waals surface area contributed by atoms with Gasteiger partial charge in [-0.05, 0) is 24.3 Å². The molecule has 1 aromatic carbocycles. The molecule has 3 rings (SSSR count). The van der Waals surface area contributed by atoms with E-state index in [1.54, 1.807) is 47.2 Å². The summed E-state index contributed by atoms with van der Waals surface area (Å²) in [6, 6.07) is 7.12. The van der Waals surface area contributed by atoms with Crippen molar-refractivity contribution in [3.63, 3.8) is 0 Å². The largest absolute Gasteiger partial charge is 0.486 e. The number of amides is 1. The number of hydrogen-bond donors (Lipinski definition) is 1. The maximum Gasteiger partial charge on any atom is 0.270 e. The van der Waals surface area contributed by atoms with Gasteiger partial charge in [-0.15, -0.1) is 22.7 Å². The highest BCUT2D eigenvalue weighted by Gasteiger charge is 2.11. The summed E-state index contributed by atoms with van der Waals surface area (Å²) in [5.74, 6) is 0.532. The molecule has 0 fully saturated rings. The Morgan fingerprint density at radius 2 is 2.04 bits per heavy atom. The lowest BCUT2D eigenvalue weighted by Gasteiger charge is -2.03. The maximum atomic E-state index is 12.1. The zero-order valence-electron chi connectivity index (χ0n) is 12.6. The Hall–Kier alpha value is -1.96. The molecule has 0 saturated heterocycles. The maximum absolute atomic E-state index is 12.1. The molecule has 2 aromatic heterocycles. The number of carbonyl (C=O) groups is 1. The first-order chi connectivity index (χ1) is 11.7. The molecule has 0 bridgehead atoms. The van der Waals surface area contributed by atoms with E-state index < -0.39 is 0 Å². The molecule has 0 aliphatic heterocycles. The Balaban J connectivity index is 1.47. The molecular formula is C16H14ClN3O2S2. The lowest BCUT2D eigenvalue weighted by atomic mass is 10.3. The number of nitrogens with one attached hydrogen (secondary N) is 1. The SMILES string of the molecule is O=C(NCCc1nccs1)c1csc(COc2ccc(Cl)cc2)n1. The zero-order valence-corrected chi connectivity index (χ0v) is 15.0. The van der Waals surface area contributed by atoms with Crippen molar-refractivity contribution >= 4 is 40.2 Å². The van der Waals surface area contributed by atoms with Crippen molar-refractivity contribution in [2.24, 2.45) is 0 Å². The van der Waals surface area contributed by atoms with Crippen LogP contribution >= 0.6 is 34.3 Å². The van der Waals surface area contributed by atoms with Gasteiger partial charge in [0.15, 0.2) is 0 Å². The van der Waals surface area contributed by atoms with Crippen LogP contribution in [-0.4, -0.2) is 22.4 Å². The number of hydrogen-bond acceptors (Lipinski definition) is 6. The second-order valence-corrected chi connectivity index (χ2v) is 7.16. The number of benzene rings is 1. The van der Waals surface area contributed by atoms with E-state index in [4.69, 9.17) is 16.3 Å².